The van der Waals surface area contributed by atoms with E-state index in [4.69, 9.17) is 0 Å². The summed E-state index contributed by atoms with van der Waals surface area (Å²) in [5.41, 5.74) is 0.957. The predicted molar refractivity (Wildman–Crippen MR) is 58.4 cm³/mol. The van der Waals surface area contributed by atoms with Gasteiger partial charge < -0.3 is 5.11 Å². The molecule has 2 heteroatoms. The summed E-state index contributed by atoms with van der Waals surface area (Å²) in [6, 6.07) is 2.11. The van der Waals surface area contributed by atoms with Gasteiger partial charge in [0.1, 0.15) is 0 Å². The molecular weight excluding hydrogens is 192 g/mol. The normalized spacial score (nSPS) is 34.6. The minimum absolute atomic E-state index is 0.258. The molecule has 1 N–H and O–H groups in total. The lowest BCUT2D eigenvalue weighted by atomic mass is 9.59. The molecule has 0 aromatic carbocycles. The molecule has 0 saturated heterocycles. The summed E-state index contributed by atoms with van der Waals surface area (Å²) in [6.07, 6.45) is 7.20. The van der Waals surface area contributed by atoms with Crippen LogP contribution in [0.5, 0.6) is 0 Å². The van der Waals surface area contributed by atoms with Crippen LogP contribution in [0.25, 0.3) is 0 Å². The summed E-state index contributed by atoms with van der Waals surface area (Å²) in [4.78, 5) is 0. The third-order valence-corrected chi connectivity index (χ3v) is 5.06. The van der Waals surface area contributed by atoms with Gasteiger partial charge in [-0.3, -0.25) is 0 Å². The summed E-state index contributed by atoms with van der Waals surface area (Å²) in [7, 11) is 0. The molecule has 2 aliphatic carbocycles. The van der Waals surface area contributed by atoms with E-state index in [1.54, 1.807) is 11.3 Å². The average molecular weight is 208 g/mol. The molecule has 0 radical (unpaired) electrons. The first kappa shape index (κ1) is 8.93. The number of hydrogen-bond donors (Lipinski definition) is 1. The van der Waals surface area contributed by atoms with Gasteiger partial charge in [0.15, 0.2) is 0 Å². The highest BCUT2D eigenvalue weighted by molar-refractivity contribution is 7.08. The maximum atomic E-state index is 10.8. The molecule has 14 heavy (non-hydrogen) atoms. The van der Waals surface area contributed by atoms with Crippen molar-refractivity contribution in [3.8, 4) is 0 Å². The highest BCUT2D eigenvalue weighted by Gasteiger charge is 2.57. The van der Waals surface area contributed by atoms with E-state index in [2.05, 4.69) is 16.8 Å². The molecule has 2 fully saturated rings. The van der Waals surface area contributed by atoms with Gasteiger partial charge in [0.25, 0.3) is 0 Å². The SMILES string of the molecule is OC1(c2ccsc2)CCCC12CCC2. The van der Waals surface area contributed by atoms with Crippen molar-refractivity contribution in [1.82, 2.24) is 0 Å². The molecule has 0 bridgehead atoms. The highest BCUT2D eigenvalue weighted by atomic mass is 32.1. The summed E-state index contributed by atoms with van der Waals surface area (Å²) in [6.45, 7) is 0. The van der Waals surface area contributed by atoms with Gasteiger partial charge in [0, 0.05) is 5.41 Å². The van der Waals surface area contributed by atoms with Gasteiger partial charge in [-0.15, -0.1) is 0 Å². The van der Waals surface area contributed by atoms with Gasteiger partial charge >= 0.3 is 0 Å². The predicted octanol–water partition coefficient (Wildman–Crippen LogP) is 3.29. The maximum absolute atomic E-state index is 10.8. The van der Waals surface area contributed by atoms with Crippen LogP contribution in [0, 0.1) is 5.41 Å². The minimum Gasteiger partial charge on any atom is -0.385 e. The van der Waals surface area contributed by atoms with Gasteiger partial charge in [0.2, 0.25) is 0 Å². The van der Waals surface area contributed by atoms with Crippen LogP contribution in [0.1, 0.15) is 44.1 Å². The molecule has 0 aliphatic heterocycles. The van der Waals surface area contributed by atoms with E-state index in [-0.39, 0.29) is 5.41 Å². The summed E-state index contributed by atoms with van der Waals surface area (Å²) >= 11 is 1.70. The van der Waals surface area contributed by atoms with E-state index in [9.17, 15) is 5.11 Å². The van der Waals surface area contributed by atoms with Crippen LogP contribution in [-0.4, -0.2) is 5.11 Å². The smallest absolute Gasteiger partial charge is 0.0960 e. The Labute approximate surface area is 88.8 Å². The van der Waals surface area contributed by atoms with E-state index in [0.717, 1.165) is 6.42 Å². The Kier molecular flexibility index (Phi) is 1.80. The Balaban J connectivity index is 2.02. The summed E-state index contributed by atoms with van der Waals surface area (Å²) < 4.78 is 0. The van der Waals surface area contributed by atoms with E-state index >= 15 is 0 Å². The minimum atomic E-state index is -0.481. The molecule has 2 saturated carbocycles. The lowest BCUT2D eigenvalue weighted by molar-refractivity contribution is -0.110. The molecule has 1 nitrogen and oxygen atoms in total. The van der Waals surface area contributed by atoms with E-state index in [1.165, 1.54) is 37.7 Å². The van der Waals surface area contributed by atoms with Crippen LogP contribution in [0.3, 0.4) is 0 Å². The molecule has 1 atom stereocenters. The molecule has 1 aromatic rings. The maximum Gasteiger partial charge on any atom is 0.0960 e. The van der Waals surface area contributed by atoms with E-state index < -0.39 is 5.60 Å². The van der Waals surface area contributed by atoms with Crippen molar-refractivity contribution >= 4 is 11.3 Å². The van der Waals surface area contributed by atoms with Gasteiger partial charge in [-0.25, -0.2) is 0 Å². The number of thiophene rings is 1. The van der Waals surface area contributed by atoms with E-state index in [1.807, 2.05) is 0 Å². The zero-order valence-corrected chi connectivity index (χ0v) is 9.15. The van der Waals surface area contributed by atoms with Crippen molar-refractivity contribution in [3.63, 3.8) is 0 Å². The molecule has 76 valence electrons. The fourth-order valence-corrected chi connectivity index (χ4v) is 4.10. The second-order valence-electron chi connectivity index (χ2n) is 4.86. The van der Waals surface area contributed by atoms with Crippen LogP contribution in [-0.2, 0) is 5.60 Å². The Bertz CT molecular complexity index is 326. The monoisotopic (exact) mass is 208 g/mol. The third-order valence-electron chi connectivity index (χ3n) is 4.38. The summed E-state index contributed by atoms with van der Waals surface area (Å²) in [5.74, 6) is 0. The number of aliphatic hydroxyl groups is 1. The second-order valence-corrected chi connectivity index (χ2v) is 5.64. The molecule has 1 spiro atoms. The van der Waals surface area contributed by atoms with Gasteiger partial charge in [0.05, 0.1) is 5.60 Å². The molecular formula is C12H16OS. The Morgan fingerprint density at radius 2 is 1.86 bits per heavy atom. The first-order valence-corrected chi connectivity index (χ1v) is 6.46. The summed E-state index contributed by atoms with van der Waals surface area (Å²) in [5, 5.41) is 15.0. The van der Waals surface area contributed by atoms with Crippen molar-refractivity contribution in [3.05, 3.63) is 22.4 Å². The number of hydrogen-bond acceptors (Lipinski definition) is 2. The molecule has 1 heterocycles. The fraction of sp³-hybridized carbons (Fsp3) is 0.667. The first-order chi connectivity index (χ1) is 6.77. The van der Waals surface area contributed by atoms with Crippen molar-refractivity contribution in [2.24, 2.45) is 5.41 Å². The van der Waals surface area contributed by atoms with Gasteiger partial charge in [-0.2, -0.15) is 11.3 Å². The average Bonchev–Trinajstić information content (AvgIpc) is 2.67. The first-order valence-electron chi connectivity index (χ1n) is 5.52. The van der Waals surface area contributed by atoms with Crippen molar-refractivity contribution in [2.45, 2.75) is 44.1 Å². The lowest BCUT2D eigenvalue weighted by Gasteiger charge is -2.49. The van der Waals surface area contributed by atoms with Crippen molar-refractivity contribution in [1.29, 1.82) is 0 Å². The van der Waals surface area contributed by atoms with Crippen LogP contribution < -0.4 is 0 Å². The third kappa shape index (κ3) is 0.934. The Morgan fingerprint density at radius 3 is 2.43 bits per heavy atom. The van der Waals surface area contributed by atoms with Gasteiger partial charge in [-0.05, 0) is 54.5 Å². The van der Waals surface area contributed by atoms with Gasteiger partial charge in [-0.1, -0.05) is 6.42 Å². The van der Waals surface area contributed by atoms with Crippen LogP contribution in [0.4, 0.5) is 0 Å². The van der Waals surface area contributed by atoms with Crippen LogP contribution in [0.2, 0.25) is 0 Å². The standard InChI is InChI=1S/C12H16OS/c13-12(10-3-8-14-9-10)7-2-6-11(12)4-1-5-11/h3,8-9,13H,1-2,4-7H2. The fourth-order valence-electron chi connectivity index (χ4n) is 3.37. The highest BCUT2D eigenvalue weighted by Crippen LogP contribution is 2.63. The molecule has 0 amide bonds. The zero-order chi connectivity index (χ0) is 9.65. The Morgan fingerprint density at radius 1 is 1.14 bits per heavy atom. The van der Waals surface area contributed by atoms with Crippen molar-refractivity contribution < 1.29 is 5.11 Å². The second kappa shape index (κ2) is 2.83. The molecule has 1 unspecified atom stereocenters. The largest absolute Gasteiger partial charge is 0.385 e. The van der Waals surface area contributed by atoms with Crippen LogP contribution in [0.15, 0.2) is 16.8 Å². The quantitative estimate of drug-likeness (QED) is 0.751. The topological polar surface area (TPSA) is 20.2 Å². The molecule has 1 aromatic heterocycles. The zero-order valence-electron chi connectivity index (χ0n) is 8.33. The molecule has 3 rings (SSSR count). The van der Waals surface area contributed by atoms with E-state index in [0.29, 0.717) is 0 Å². The Hall–Kier alpha value is -0.340. The van der Waals surface area contributed by atoms with Crippen molar-refractivity contribution in [2.75, 3.05) is 0 Å². The van der Waals surface area contributed by atoms with Crippen LogP contribution >= 0.6 is 11.3 Å². The number of rotatable bonds is 1. The lowest BCUT2D eigenvalue weighted by Crippen LogP contribution is -2.45. The molecule has 2 aliphatic rings.